The average Bonchev–Trinajstić information content (AvgIpc) is 3.41. The van der Waals surface area contributed by atoms with Gasteiger partial charge in [0.05, 0.1) is 12.7 Å². The van der Waals surface area contributed by atoms with Crippen LogP contribution in [0.3, 0.4) is 0 Å². The molecule has 2 aromatic heterocycles. The molecule has 0 aliphatic rings. The van der Waals surface area contributed by atoms with E-state index in [1.165, 1.54) is 0 Å². The minimum Gasteiger partial charge on any atom is -0.441 e. The number of aryl methyl sites for hydroxylation is 1. The molecule has 4 rings (SSSR count). The van der Waals surface area contributed by atoms with Crippen LogP contribution in [0.1, 0.15) is 17.9 Å². The normalized spacial score (nSPS) is 10.8. The molecule has 0 aliphatic carbocycles. The molecule has 1 amide bonds. The number of oxazole rings is 1. The quantitative estimate of drug-likeness (QED) is 0.478. The Kier molecular flexibility index (Phi) is 5.72. The number of hydrogen-bond donors (Lipinski definition) is 1. The molecule has 146 valence electrons. The number of carbonyl (C=O) groups excluding carboxylic acids is 1. The molecule has 6 nitrogen and oxygen atoms in total. The maximum Gasteiger partial charge on any atom is 0.224 e. The third-order valence-corrected chi connectivity index (χ3v) is 4.68. The molecule has 1 N–H and O–H groups in total. The highest BCUT2D eigenvalue weighted by molar-refractivity contribution is 6.30. The van der Waals surface area contributed by atoms with Crippen LogP contribution in [0.15, 0.2) is 77.6 Å². The fraction of sp³-hybridized carbons (Fsp3) is 0.136. The summed E-state index contributed by atoms with van der Waals surface area (Å²) in [5.41, 5.74) is 2.66. The number of benzene rings is 2. The second-order valence-electron chi connectivity index (χ2n) is 6.53. The number of carbonyl (C=O) groups is 1. The van der Waals surface area contributed by atoms with E-state index in [9.17, 15) is 4.79 Å². The Morgan fingerprint density at radius 2 is 1.93 bits per heavy atom. The number of hydrogen-bond acceptors (Lipinski definition) is 4. The zero-order chi connectivity index (χ0) is 20.1. The van der Waals surface area contributed by atoms with Crippen molar-refractivity contribution in [2.75, 3.05) is 5.32 Å². The number of amides is 1. The van der Waals surface area contributed by atoms with Crippen molar-refractivity contribution >= 4 is 23.2 Å². The molecule has 0 atom stereocenters. The van der Waals surface area contributed by atoms with Crippen molar-refractivity contribution in [1.29, 1.82) is 0 Å². The minimum atomic E-state index is -0.0934. The van der Waals surface area contributed by atoms with Gasteiger partial charge in [-0.15, -0.1) is 0 Å². The van der Waals surface area contributed by atoms with E-state index in [1.54, 1.807) is 24.5 Å². The van der Waals surface area contributed by atoms with Crippen LogP contribution in [-0.4, -0.2) is 20.7 Å². The molecule has 0 radical (unpaired) electrons. The molecule has 0 saturated heterocycles. The highest BCUT2D eigenvalue weighted by atomic mass is 35.5. The van der Waals surface area contributed by atoms with Gasteiger partial charge < -0.3 is 9.73 Å². The number of anilines is 1. The first-order chi connectivity index (χ1) is 14.2. The Bertz CT molecular complexity index is 1090. The van der Waals surface area contributed by atoms with Gasteiger partial charge in [-0.3, -0.25) is 9.48 Å². The van der Waals surface area contributed by atoms with E-state index in [0.29, 0.717) is 29.6 Å². The summed E-state index contributed by atoms with van der Waals surface area (Å²) in [6.07, 6.45) is 5.97. The molecule has 4 aromatic rings. The Morgan fingerprint density at radius 3 is 2.72 bits per heavy atom. The summed E-state index contributed by atoms with van der Waals surface area (Å²) in [6, 6.07) is 16.9. The molecule has 0 fully saturated rings. The second kappa shape index (κ2) is 8.75. The molecule has 0 unspecified atom stereocenters. The van der Waals surface area contributed by atoms with Crippen LogP contribution in [0.5, 0.6) is 0 Å². The summed E-state index contributed by atoms with van der Waals surface area (Å²) in [7, 11) is 0. The first-order valence-electron chi connectivity index (χ1n) is 9.23. The standard InChI is InChI=1S/C22H19ClN4O2/c23-18-8-6-16(7-9-18)20-14-24-22(29-20)11-10-21(28)26-19-5-2-1-4-17(19)15-27-13-3-12-25-27/h1-9,12-14H,10-11,15H2,(H,26,28). The van der Waals surface area contributed by atoms with Crippen LogP contribution in [0.2, 0.25) is 5.02 Å². The Morgan fingerprint density at radius 1 is 1.10 bits per heavy atom. The van der Waals surface area contributed by atoms with Gasteiger partial charge in [-0.1, -0.05) is 29.8 Å². The van der Waals surface area contributed by atoms with Crippen LogP contribution < -0.4 is 5.32 Å². The SMILES string of the molecule is O=C(CCc1ncc(-c2ccc(Cl)cc2)o1)Nc1ccccc1Cn1cccn1. The van der Waals surface area contributed by atoms with Gasteiger partial charge in [0.1, 0.15) is 0 Å². The zero-order valence-electron chi connectivity index (χ0n) is 15.6. The first kappa shape index (κ1) is 19.0. The van der Waals surface area contributed by atoms with Crippen molar-refractivity contribution in [2.24, 2.45) is 0 Å². The van der Waals surface area contributed by atoms with E-state index in [4.69, 9.17) is 16.0 Å². The summed E-state index contributed by atoms with van der Waals surface area (Å²) >= 11 is 5.91. The van der Waals surface area contributed by atoms with Gasteiger partial charge in [0.25, 0.3) is 0 Å². The molecule has 0 bridgehead atoms. The molecular formula is C22H19ClN4O2. The predicted octanol–water partition coefficient (Wildman–Crippen LogP) is 4.81. The molecule has 7 heteroatoms. The van der Waals surface area contributed by atoms with E-state index >= 15 is 0 Å². The summed E-state index contributed by atoms with van der Waals surface area (Å²) in [4.78, 5) is 16.7. The van der Waals surface area contributed by atoms with Crippen molar-refractivity contribution in [3.8, 4) is 11.3 Å². The highest BCUT2D eigenvalue weighted by Gasteiger charge is 2.11. The van der Waals surface area contributed by atoms with Crippen molar-refractivity contribution in [3.05, 3.63) is 89.7 Å². The lowest BCUT2D eigenvalue weighted by molar-refractivity contribution is -0.116. The number of aromatic nitrogens is 3. The number of halogens is 1. The summed E-state index contributed by atoms with van der Waals surface area (Å²) < 4.78 is 7.57. The fourth-order valence-corrected chi connectivity index (χ4v) is 3.08. The highest BCUT2D eigenvalue weighted by Crippen LogP contribution is 2.23. The van der Waals surface area contributed by atoms with E-state index in [2.05, 4.69) is 15.4 Å². The Labute approximate surface area is 173 Å². The van der Waals surface area contributed by atoms with Gasteiger partial charge in [-0.2, -0.15) is 5.10 Å². The Hall–Kier alpha value is -3.38. The van der Waals surface area contributed by atoms with Gasteiger partial charge in [0, 0.05) is 41.5 Å². The van der Waals surface area contributed by atoms with Crippen LogP contribution in [0, 0.1) is 0 Å². The lowest BCUT2D eigenvalue weighted by Gasteiger charge is -2.11. The fourth-order valence-electron chi connectivity index (χ4n) is 2.96. The van der Waals surface area contributed by atoms with Gasteiger partial charge >= 0.3 is 0 Å². The average molecular weight is 407 g/mol. The van der Waals surface area contributed by atoms with Gasteiger partial charge in [-0.25, -0.2) is 4.98 Å². The lowest BCUT2D eigenvalue weighted by Crippen LogP contribution is -2.14. The predicted molar refractivity (Wildman–Crippen MR) is 112 cm³/mol. The smallest absolute Gasteiger partial charge is 0.224 e. The molecule has 29 heavy (non-hydrogen) atoms. The lowest BCUT2D eigenvalue weighted by atomic mass is 10.1. The molecule has 0 aliphatic heterocycles. The largest absolute Gasteiger partial charge is 0.441 e. The maximum atomic E-state index is 12.4. The molecule has 0 spiro atoms. The zero-order valence-corrected chi connectivity index (χ0v) is 16.3. The van der Waals surface area contributed by atoms with Crippen LogP contribution in [0.25, 0.3) is 11.3 Å². The number of nitrogens with zero attached hydrogens (tertiary/aromatic N) is 3. The third-order valence-electron chi connectivity index (χ3n) is 4.43. The van der Waals surface area contributed by atoms with Crippen molar-refractivity contribution in [1.82, 2.24) is 14.8 Å². The number of nitrogens with one attached hydrogen (secondary N) is 1. The van der Waals surface area contributed by atoms with E-state index in [-0.39, 0.29) is 12.3 Å². The van der Waals surface area contributed by atoms with Crippen LogP contribution in [-0.2, 0) is 17.8 Å². The van der Waals surface area contributed by atoms with E-state index in [1.807, 2.05) is 53.3 Å². The summed E-state index contributed by atoms with van der Waals surface area (Å²) in [5.74, 6) is 1.08. The van der Waals surface area contributed by atoms with Crippen molar-refractivity contribution in [3.63, 3.8) is 0 Å². The first-order valence-corrected chi connectivity index (χ1v) is 9.61. The summed E-state index contributed by atoms with van der Waals surface area (Å²) in [5, 5.41) is 7.85. The number of rotatable bonds is 7. The summed E-state index contributed by atoms with van der Waals surface area (Å²) in [6.45, 7) is 0.591. The molecular weight excluding hydrogens is 388 g/mol. The van der Waals surface area contributed by atoms with Gasteiger partial charge in [0.15, 0.2) is 11.7 Å². The van der Waals surface area contributed by atoms with E-state index in [0.717, 1.165) is 16.8 Å². The van der Waals surface area contributed by atoms with Gasteiger partial charge in [0.2, 0.25) is 5.91 Å². The minimum absolute atomic E-state index is 0.0934. The number of para-hydroxylation sites is 1. The van der Waals surface area contributed by atoms with Gasteiger partial charge in [-0.05, 0) is 42.0 Å². The third kappa shape index (κ3) is 4.92. The van der Waals surface area contributed by atoms with E-state index < -0.39 is 0 Å². The van der Waals surface area contributed by atoms with Crippen LogP contribution >= 0.6 is 11.6 Å². The molecule has 2 heterocycles. The maximum absolute atomic E-state index is 12.4. The molecule has 0 saturated carbocycles. The topological polar surface area (TPSA) is 73.0 Å². The monoisotopic (exact) mass is 406 g/mol. The Balaban J connectivity index is 1.36. The van der Waals surface area contributed by atoms with Crippen molar-refractivity contribution in [2.45, 2.75) is 19.4 Å². The second-order valence-corrected chi connectivity index (χ2v) is 6.97. The molecule has 2 aromatic carbocycles. The van der Waals surface area contributed by atoms with Crippen LogP contribution in [0.4, 0.5) is 5.69 Å². The van der Waals surface area contributed by atoms with Crippen molar-refractivity contribution < 1.29 is 9.21 Å².